The van der Waals surface area contributed by atoms with Gasteiger partial charge in [-0.25, -0.2) is 0 Å². The lowest BCUT2D eigenvalue weighted by Crippen LogP contribution is -2.25. The second-order valence-electron chi connectivity index (χ2n) is 5.19. The minimum atomic E-state index is -0.0261. The van der Waals surface area contributed by atoms with Gasteiger partial charge in [0.05, 0.1) is 0 Å². The molecule has 0 aliphatic heterocycles. The lowest BCUT2D eigenvalue weighted by molar-refractivity contribution is 0.0951. The van der Waals surface area contributed by atoms with Crippen molar-refractivity contribution in [1.29, 1.82) is 0 Å². The molecule has 20 heavy (non-hydrogen) atoms. The maximum Gasteiger partial charge on any atom is 0.251 e. The predicted octanol–water partition coefficient (Wildman–Crippen LogP) is 3.68. The van der Waals surface area contributed by atoms with E-state index >= 15 is 0 Å². The summed E-state index contributed by atoms with van der Waals surface area (Å²) in [4.78, 5) is 12.0. The summed E-state index contributed by atoms with van der Waals surface area (Å²) in [5.74, 6) is 1.43. The molecule has 0 aromatic heterocycles. The molecule has 1 fully saturated rings. The van der Waals surface area contributed by atoms with Crippen LogP contribution < -0.4 is 10.1 Å². The molecule has 1 aliphatic carbocycles. The second kappa shape index (κ2) is 5.37. The molecule has 0 spiro atoms. The smallest absolute Gasteiger partial charge is 0.251 e. The zero-order valence-electron chi connectivity index (χ0n) is 11.4. The summed E-state index contributed by atoms with van der Waals surface area (Å²) in [6.07, 6.45) is 2.18. The Kier molecular flexibility index (Phi) is 3.42. The molecule has 1 saturated carbocycles. The van der Waals surface area contributed by atoms with Crippen molar-refractivity contribution < 1.29 is 9.53 Å². The maximum atomic E-state index is 12.0. The third kappa shape index (κ3) is 3.18. The molecular formula is C17H17NO2. The van der Waals surface area contributed by atoms with Gasteiger partial charge in [0, 0.05) is 11.6 Å². The molecule has 3 nitrogen and oxygen atoms in total. The molecule has 0 heterocycles. The number of aryl methyl sites for hydroxylation is 1. The molecule has 1 amide bonds. The van der Waals surface area contributed by atoms with Gasteiger partial charge >= 0.3 is 0 Å². The van der Waals surface area contributed by atoms with Gasteiger partial charge in [-0.05, 0) is 50.1 Å². The maximum absolute atomic E-state index is 12.0. The highest BCUT2D eigenvalue weighted by Crippen LogP contribution is 2.23. The van der Waals surface area contributed by atoms with Crippen molar-refractivity contribution >= 4 is 5.91 Å². The van der Waals surface area contributed by atoms with Crippen LogP contribution in [-0.2, 0) is 0 Å². The van der Waals surface area contributed by atoms with Crippen LogP contribution in [-0.4, -0.2) is 11.9 Å². The summed E-state index contributed by atoms with van der Waals surface area (Å²) in [5, 5.41) is 2.97. The number of hydrogen-bond acceptors (Lipinski definition) is 2. The lowest BCUT2D eigenvalue weighted by atomic mass is 10.2. The van der Waals surface area contributed by atoms with Crippen LogP contribution in [0.4, 0.5) is 0 Å². The highest BCUT2D eigenvalue weighted by Gasteiger charge is 2.23. The fourth-order valence-corrected chi connectivity index (χ4v) is 1.94. The fourth-order valence-electron chi connectivity index (χ4n) is 1.94. The third-order valence-corrected chi connectivity index (χ3v) is 3.27. The van der Waals surface area contributed by atoms with E-state index in [1.54, 1.807) is 12.1 Å². The Balaban J connectivity index is 1.73. The van der Waals surface area contributed by atoms with Crippen molar-refractivity contribution in [3.05, 3.63) is 59.7 Å². The standard InChI is InChI=1S/C17H17NO2/c1-12-5-9-15(10-6-12)20-16-4-2-3-13(11-16)17(19)18-14-7-8-14/h2-6,9-11,14H,7-8H2,1H3,(H,18,19). The number of ether oxygens (including phenoxy) is 1. The van der Waals surface area contributed by atoms with E-state index in [1.165, 1.54) is 5.56 Å². The zero-order chi connectivity index (χ0) is 13.9. The van der Waals surface area contributed by atoms with Gasteiger partial charge in [-0.1, -0.05) is 23.8 Å². The van der Waals surface area contributed by atoms with E-state index in [-0.39, 0.29) is 5.91 Å². The molecule has 1 N–H and O–H groups in total. The molecule has 2 aromatic carbocycles. The van der Waals surface area contributed by atoms with Crippen LogP contribution in [0.15, 0.2) is 48.5 Å². The van der Waals surface area contributed by atoms with Crippen LogP contribution in [0.3, 0.4) is 0 Å². The Labute approximate surface area is 118 Å². The van der Waals surface area contributed by atoms with Gasteiger partial charge in [0.15, 0.2) is 0 Å². The van der Waals surface area contributed by atoms with E-state index in [1.807, 2.05) is 43.3 Å². The average molecular weight is 267 g/mol. The molecule has 0 unspecified atom stereocenters. The second-order valence-corrected chi connectivity index (χ2v) is 5.19. The fraction of sp³-hybridized carbons (Fsp3) is 0.235. The molecule has 0 bridgehead atoms. The Morgan fingerprint density at radius 3 is 2.55 bits per heavy atom. The minimum Gasteiger partial charge on any atom is -0.457 e. The first kappa shape index (κ1) is 12.7. The van der Waals surface area contributed by atoms with E-state index in [9.17, 15) is 4.79 Å². The van der Waals surface area contributed by atoms with Gasteiger partial charge in [-0.3, -0.25) is 4.79 Å². The summed E-state index contributed by atoms with van der Waals surface area (Å²) in [5.41, 5.74) is 1.83. The van der Waals surface area contributed by atoms with E-state index in [2.05, 4.69) is 5.32 Å². The minimum absolute atomic E-state index is 0.0261. The normalized spacial score (nSPS) is 13.8. The van der Waals surface area contributed by atoms with Gasteiger partial charge in [0.1, 0.15) is 11.5 Å². The molecular weight excluding hydrogens is 250 g/mol. The quantitative estimate of drug-likeness (QED) is 0.917. The molecule has 3 rings (SSSR count). The first-order chi connectivity index (χ1) is 9.70. The largest absolute Gasteiger partial charge is 0.457 e. The highest BCUT2D eigenvalue weighted by molar-refractivity contribution is 5.94. The van der Waals surface area contributed by atoms with Crippen LogP contribution in [0, 0.1) is 6.92 Å². The molecule has 0 atom stereocenters. The number of hydrogen-bond donors (Lipinski definition) is 1. The first-order valence-corrected chi connectivity index (χ1v) is 6.86. The van der Waals surface area contributed by atoms with Crippen LogP contribution >= 0.6 is 0 Å². The molecule has 0 radical (unpaired) electrons. The molecule has 1 aliphatic rings. The third-order valence-electron chi connectivity index (χ3n) is 3.27. The van der Waals surface area contributed by atoms with Crippen molar-refractivity contribution in [3.8, 4) is 11.5 Å². The number of nitrogens with one attached hydrogen (secondary N) is 1. The highest BCUT2D eigenvalue weighted by atomic mass is 16.5. The van der Waals surface area contributed by atoms with Gasteiger partial charge in [-0.15, -0.1) is 0 Å². The Morgan fingerprint density at radius 2 is 1.85 bits per heavy atom. The van der Waals surface area contributed by atoms with Crippen molar-refractivity contribution in [3.63, 3.8) is 0 Å². The van der Waals surface area contributed by atoms with E-state index in [4.69, 9.17) is 4.74 Å². The molecule has 2 aromatic rings. The number of amides is 1. The van der Waals surface area contributed by atoms with E-state index in [0.717, 1.165) is 18.6 Å². The van der Waals surface area contributed by atoms with Gasteiger partial charge in [0.2, 0.25) is 0 Å². The summed E-state index contributed by atoms with van der Waals surface area (Å²) < 4.78 is 5.76. The van der Waals surface area contributed by atoms with E-state index < -0.39 is 0 Å². The Morgan fingerprint density at radius 1 is 1.10 bits per heavy atom. The number of carbonyl (C=O) groups is 1. The first-order valence-electron chi connectivity index (χ1n) is 6.86. The number of carbonyl (C=O) groups excluding carboxylic acids is 1. The van der Waals surface area contributed by atoms with E-state index in [0.29, 0.717) is 17.4 Å². The Hall–Kier alpha value is -2.29. The predicted molar refractivity (Wildman–Crippen MR) is 78.2 cm³/mol. The van der Waals surface area contributed by atoms with Gasteiger partial charge in [0.25, 0.3) is 5.91 Å². The molecule has 3 heteroatoms. The van der Waals surface area contributed by atoms with Crippen molar-refractivity contribution in [2.24, 2.45) is 0 Å². The van der Waals surface area contributed by atoms with Crippen molar-refractivity contribution in [1.82, 2.24) is 5.32 Å². The number of benzene rings is 2. The van der Waals surface area contributed by atoms with Gasteiger partial charge in [-0.2, -0.15) is 0 Å². The SMILES string of the molecule is Cc1ccc(Oc2cccc(C(=O)NC3CC3)c2)cc1. The van der Waals surface area contributed by atoms with Gasteiger partial charge < -0.3 is 10.1 Å². The summed E-state index contributed by atoms with van der Waals surface area (Å²) in [6.45, 7) is 2.03. The monoisotopic (exact) mass is 267 g/mol. The number of rotatable bonds is 4. The molecule has 0 saturated heterocycles. The lowest BCUT2D eigenvalue weighted by Gasteiger charge is -2.08. The summed E-state index contributed by atoms with van der Waals surface area (Å²) in [7, 11) is 0. The zero-order valence-corrected chi connectivity index (χ0v) is 11.4. The molecule has 102 valence electrons. The van der Waals surface area contributed by atoms with Crippen LogP contribution in [0.25, 0.3) is 0 Å². The van der Waals surface area contributed by atoms with Crippen LogP contribution in [0.5, 0.6) is 11.5 Å². The van der Waals surface area contributed by atoms with Crippen molar-refractivity contribution in [2.45, 2.75) is 25.8 Å². The average Bonchev–Trinajstić information content (AvgIpc) is 3.26. The topological polar surface area (TPSA) is 38.3 Å². The Bertz CT molecular complexity index is 615. The summed E-state index contributed by atoms with van der Waals surface area (Å²) >= 11 is 0. The van der Waals surface area contributed by atoms with Crippen molar-refractivity contribution in [2.75, 3.05) is 0 Å². The summed E-state index contributed by atoms with van der Waals surface area (Å²) in [6, 6.07) is 15.5. The van der Waals surface area contributed by atoms with Crippen LogP contribution in [0.1, 0.15) is 28.8 Å². The van der Waals surface area contributed by atoms with Crippen LogP contribution in [0.2, 0.25) is 0 Å².